The van der Waals surface area contributed by atoms with Crippen LogP contribution >= 0.6 is 24.0 Å². The number of likely N-dealkylation sites (N-methyl/N-ethyl adjacent to an activating group) is 1. The molecule has 0 saturated heterocycles. The summed E-state index contributed by atoms with van der Waals surface area (Å²) in [4.78, 5) is 22.2. The third-order valence-electron chi connectivity index (χ3n) is 4.45. The molecule has 0 aromatic carbocycles. The molecular formula is C19H36IN5O2. The van der Waals surface area contributed by atoms with E-state index >= 15 is 0 Å². The van der Waals surface area contributed by atoms with Crippen molar-refractivity contribution >= 4 is 35.8 Å². The Morgan fingerprint density at radius 3 is 2.48 bits per heavy atom. The number of carbonyl (C=O) groups is 1. The molecule has 156 valence electrons. The Kier molecular flexibility index (Phi) is 13.1. The minimum atomic E-state index is -0.0352. The Hall–Kier alpha value is -1.32. The van der Waals surface area contributed by atoms with Crippen LogP contribution in [0.15, 0.2) is 9.41 Å². The first-order valence-electron chi connectivity index (χ1n) is 9.52. The van der Waals surface area contributed by atoms with E-state index in [4.69, 9.17) is 4.42 Å². The number of carbonyl (C=O) groups excluding carboxylic acids is 1. The van der Waals surface area contributed by atoms with Crippen molar-refractivity contribution in [2.45, 2.75) is 59.9 Å². The van der Waals surface area contributed by atoms with E-state index in [0.717, 1.165) is 24.4 Å². The van der Waals surface area contributed by atoms with Gasteiger partial charge < -0.3 is 20.0 Å². The lowest BCUT2D eigenvalue weighted by molar-refractivity contribution is -0.127. The highest BCUT2D eigenvalue weighted by Crippen LogP contribution is 2.11. The van der Waals surface area contributed by atoms with Gasteiger partial charge in [0.1, 0.15) is 12.3 Å². The van der Waals surface area contributed by atoms with Crippen molar-refractivity contribution in [1.82, 2.24) is 20.5 Å². The van der Waals surface area contributed by atoms with Gasteiger partial charge in [-0.3, -0.25) is 4.79 Å². The number of amides is 1. The molecule has 0 aliphatic heterocycles. The van der Waals surface area contributed by atoms with E-state index < -0.39 is 0 Å². The molecule has 0 aliphatic carbocycles. The third-order valence-corrected chi connectivity index (χ3v) is 4.45. The number of nitrogens with zero attached hydrogens (tertiary/aromatic N) is 3. The van der Waals surface area contributed by atoms with Gasteiger partial charge in [-0.1, -0.05) is 33.1 Å². The molecule has 1 aromatic heterocycles. The van der Waals surface area contributed by atoms with Crippen LogP contribution in [0.25, 0.3) is 0 Å². The number of aromatic nitrogens is 1. The summed E-state index contributed by atoms with van der Waals surface area (Å²) in [6.07, 6.45) is 4.75. The fourth-order valence-electron chi connectivity index (χ4n) is 2.42. The van der Waals surface area contributed by atoms with E-state index in [0.29, 0.717) is 24.3 Å². The maximum atomic E-state index is 11.8. The van der Waals surface area contributed by atoms with E-state index in [1.54, 1.807) is 14.1 Å². The number of unbranched alkanes of at least 4 members (excludes halogenated alkanes) is 1. The average Bonchev–Trinajstić information content (AvgIpc) is 2.94. The molecule has 1 unspecified atom stereocenters. The summed E-state index contributed by atoms with van der Waals surface area (Å²) in [5.74, 6) is 2.61. The summed E-state index contributed by atoms with van der Waals surface area (Å²) in [5.41, 5.74) is 0.890. The van der Waals surface area contributed by atoms with E-state index in [1.807, 2.05) is 13.8 Å². The lowest BCUT2D eigenvalue weighted by atomic mass is 9.99. The zero-order valence-electron chi connectivity index (χ0n) is 17.6. The minimum Gasteiger partial charge on any atom is -0.444 e. The number of aliphatic imine (C=N–C) groups is 1. The van der Waals surface area contributed by atoms with Gasteiger partial charge in [0.15, 0.2) is 5.96 Å². The van der Waals surface area contributed by atoms with Crippen LogP contribution < -0.4 is 10.6 Å². The normalized spacial score (nSPS) is 12.3. The quantitative estimate of drug-likeness (QED) is 0.297. The number of aryl methyl sites for hydroxylation is 2. The smallest absolute Gasteiger partial charge is 0.243 e. The Morgan fingerprint density at radius 2 is 1.96 bits per heavy atom. The molecular weight excluding hydrogens is 457 g/mol. The lowest BCUT2D eigenvalue weighted by Gasteiger charge is -2.18. The number of rotatable bonds is 10. The first-order chi connectivity index (χ1) is 12.4. The number of oxazole rings is 1. The summed E-state index contributed by atoms with van der Waals surface area (Å²) < 4.78 is 5.60. The van der Waals surface area contributed by atoms with Gasteiger partial charge in [-0.05, 0) is 26.2 Å². The predicted octanol–water partition coefficient (Wildman–Crippen LogP) is 3.25. The summed E-state index contributed by atoms with van der Waals surface area (Å²) in [6, 6.07) is 0. The highest BCUT2D eigenvalue weighted by Gasteiger charge is 2.11. The molecule has 1 atom stereocenters. The summed E-state index contributed by atoms with van der Waals surface area (Å²) in [5, 5.41) is 6.58. The molecule has 0 fully saturated rings. The van der Waals surface area contributed by atoms with Crippen molar-refractivity contribution < 1.29 is 9.21 Å². The molecule has 1 heterocycles. The van der Waals surface area contributed by atoms with Crippen LogP contribution in [-0.4, -0.2) is 48.9 Å². The molecule has 27 heavy (non-hydrogen) atoms. The standard InChI is InChI=1S/C19H35N5O2.HI/c1-7-9-10-16(8-2)11-20-19(22-13-18(25)24(5)6)21-12-17-23-14(3)15(4)26-17;/h16H,7-13H2,1-6H3,(H2,20,21,22);1H. The number of hydrogen-bond acceptors (Lipinski definition) is 4. The lowest BCUT2D eigenvalue weighted by Crippen LogP contribution is -2.40. The van der Waals surface area contributed by atoms with Gasteiger partial charge in [-0.2, -0.15) is 0 Å². The predicted molar refractivity (Wildman–Crippen MR) is 121 cm³/mol. The topological polar surface area (TPSA) is 82.8 Å². The van der Waals surface area contributed by atoms with Gasteiger partial charge in [0.25, 0.3) is 0 Å². The average molecular weight is 493 g/mol. The highest BCUT2D eigenvalue weighted by atomic mass is 127. The Morgan fingerprint density at radius 1 is 1.26 bits per heavy atom. The Balaban J connectivity index is 0.00000676. The molecule has 1 aromatic rings. The zero-order chi connectivity index (χ0) is 19.5. The van der Waals surface area contributed by atoms with Gasteiger partial charge in [0.2, 0.25) is 11.8 Å². The molecule has 8 heteroatoms. The maximum absolute atomic E-state index is 11.8. The van der Waals surface area contributed by atoms with Gasteiger partial charge in [0, 0.05) is 20.6 Å². The van der Waals surface area contributed by atoms with Gasteiger partial charge >= 0.3 is 0 Å². The minimum absolute atomic E-state index is 0. The van der Waals surface area contributed by atoms with Gasteiger partial charge in [-0.25, -0.2) is 9.98 Å². The molecule has 0 saturated carbocycles. The Bertz CT molecular complexity index is 567. The van der Waals surface area contributed by atoms with Crippen LogP contribution in [0.5, 0.6) is 0 Å². The number of nitrogens with one attached hydrogen (secondary N) is 2. The first kappa shape index (κ1) is 25.7. The second-order valence-electron chi connectivity index (χ2n) is 6.85. The highest BCUT2D eigenvalue weighted by molar-refractivity contribution is 14.0. The van der Waals surface area contributed by atoms with Crippen LogP contribution in [-0.2, 0) is 11.3 Å². The second kappa shape index (κ2) is 13.8. The van der Waals surface area contributed by atoms with Crippen LogP contribution in [0.1, 0.15) is 56.9 Å². The third kappa shape index (κ3) is 9.97. The second-order valence-corrected chi connectivity index (χ2v) is 6.85. The van der Waals surface area contributed by atoms with E-state index in [-0.39, 0.29) is 36.4 Å². The van der Waals surface area contributed by atoms with Crippen molar-refractivity contribution in [3.8, 4) is 0 Å². The van der Waals surface area contributed by atoms with Crippen molar-refractivity contribution in [3.63, 3.8) is 0 Å². The van der Waals surface area contributed by atoms with Crippen molar-refractivity contribution in [2.24, 2.45) is 10.9 Å². The molecule has 0 spiro atoms. The molecule has 0 bridgehead atoms. The van der Waals surface area contributed by atoms with Crippen molar-refractivity contribution in [3.05, 3.63) is 17.3 Å². The summed E-state index contributed by atoms with van der Waals surface area (Å²) >= 11 is 0. The molecule has 0 aliphatic rings. The zero-order valence-corrected chi connectivity index (χ0v) is 19.9. The van der Waals surface area contributed by atoms with E-state index in [2.05, 4.69) is 34.5 Å². The molecule has 1 rings (SSSR count). The van der Waals surface area contributed by atoms with Crippen LogP contribution in [0.3, 0.4) is 0 Å². The van der Waals surface area contributed by atoms with Crippen molar-refractivity contribution in [2.75, 3.05) is 27.2 Å². The van der Waals surface area contributed by atoms with E-state index in [9.17, 15) is 4.79 Å². The SMILES string of the molecule is CCCCC(CC)CNC(=NCC(=O)N(C)C)NCc1nc(C)c(C)o1.I. The molecule has 2 N–H and O–H groups in total. The molecule has 7 nitrogen and oxygen atoms in total. The van der Waals surface area contributed by atoms with Crippen LogP contribution in [0.4, 0.5) is 0 Å². The Labute approximate surface area is 180 Å². The first-order valence-corrected chi connectivity index (χ1v) is 9.52. The maximum Gasteiger partial charge on any atom is 0.243 e. The van der Waals surface area contributed by atoms with Gasteiger partial charge in [0.05, 0.1) is 12.2 Å². The monoisotopic (exact) mass is 493 g/mol. The molecule has 1 amide bonds. The summed E-state index contributed by atoms with van der Waals surface area (Å²) in [6.45, 7) is 9.61. The number of hydrogen-bond donors (Lipinski definition) is 2. The van der Waals surface area contributed by atoms with Crippen molar-refractivity contribution in [1.29, 1.82) is 0 Å². The molecule has 0 radical (unpaired) electrons. The van der Waals surface area contributed by atoms with Crippen LogP contribution in [0, 0.1) is 19.8 Å². The fourth-order valence-corrected chi connectivity index (χ4v) is 2.42. The van der Waals surface area contributed by atoms with E-state index in [1.165, 1.54) is 24.2 Å². The van der Waals surface area contributed by atoms with Crippen LogP contribution in [0.2, 0.25) is 0 Å². The number of halogens is 1. The number of guanidine groups is 1. The largest absolute Gasteiger partial charge is 0.444 e. The van der Waals surface area contributed by atoms with Gasteiger partial charge in [-0.15, -0.1) is 24.0 Å². The fraction of sp³-hybridized carbons (Fsp3) is 0.737. The summed E-state index contributed by atoms with van der Waals surface area (Å²) in [7, 11) is 3.46.